The minimum absolute atomic E-state index is 0.688. The number of rotatable bonds is 6. The van der Waals surface area contributed by atoms with Crippen molar-refractivity contribution in [2.24, 2.45) is 0 Å². The highest BCUT2D eigenvalue weighted by atomic mass is 35.5. The van der Waals surface area contributed by atoms with Gasteiger partial charge in [0.2, 0.25) is 0 Å². The van der Waals surface area contributed by atoms with Crippen LogP contribution in [0.5, 0.6) is 11.5 Å². The SMILES string of the molecule is CN(C)CCCc1ccccc1Oc1cccc(Cl)c1. The third-order valence-corrected chi connectivity index (χ3v) is 3.28. The largest absolute Gasteiger partial charge is 0.457 e. The molecule has 0 aliphatic rings. The van der Waals surface area contributed by atoms with Crippen LogP contribution in [0.2, 0.25) is 5.02 Å². The molecule has 2 aromatic carbocycles. The summed E-state index contributed by atoms with van der Waals surface area (Å²) in [5.41, 5.74) is 1.23. The minimum atomic E-state index is 0.688. The third kappa shape index (κ3) is 4.55. The van der Waals surface area contributed by atoms with Crippen LogP contribution in [-0.2, 0) is 6.42 Å². The number of benzene rings is 2. The molecule has 0 atom stereocenters. The Balaban J connectivity index is 2.07. The summed E-state index contributed by atoms with van der Waals surface area (Å²) in [6.45, 7) is 1.07. The minimum Gasteiger partial charge on any atom is -0.457 e. The molecule has 0 N–H and O–H groups in total. The Morgan fingerprint density at radius 3 is 2.60 bits per heavy atom. The van der Waals surface area contributed by atoms with E-state index in [0.29, 0.717) is 5.02 Å². The molecule has 0 bridgehead atoms. The lowest BCUT2D eigenvalue weighted by Gasteiger charge is -2.13. The number of para-hydroxylation sites is 1. The quantitative estimate of drug-likeness (QED) is 0.769. The molecule has 2 nitrogen and oxygen atoms in total. The van der Waals surface area contributed by atoms with Crippen LogP contribution in [0.1, 0.15) is 12.0 Å². The van der Waals surface area contributed by atoms with Crippen molar-refractivity contribution >= 4 is 11.6 Å². The standard InChI is InChI=1S/C17H20ClNO/c1-19(2)12-6-8-14-7-3-4-11-17(14)20-16-10-5-9-15(18)13-16/h3-5,7,9-11,13H,6,8,12H2,1-2H3. The monoisotopic (exact) mass is 289 g/mol. The molecule has 0 aliphatic heterocycles. The van der Waals surface area contributed by atoms with Crippen LogP contribution in [0.15, 0.2) is 48.5 Å². The zero-order valence-corrected chi connectivity index (χ0v) is 12.7. The molecule has 2 aromatic rings. The summed E-state index contributed by atoms with van der Waals surface area (Å²) in [6, 6.07) is 15.7. The Labute approximate surface area is 125 Å². The molecule has 2 rings (SSSR count). The highest BCUT2D eigenvalue weighted by Crippen LogP contribution is 2.27. The van der Waals surface area contributed by atoms with Crippen LogP contribution in [0, 0.1) is 0 Å². The summed E-state index contributed by atoms with van der Waals surface area (Å²) in [4.78, 5) is 2.19. The molecule has 20 heavy (non-hydrogen) atoms. The molecule has 0 aromatic heterocycles. The maximum Gasteiger partial charge on any atom is 0.130 e. The van der Waals surface area contributed by atoms with E-state index in [-0.39, 0.29) is 0 Å². The predicted molar refractivity (Wildman–Crippen MR) is 84.8 cm³/mol. The maximum absolute atomic E-state index is 5.98. The summed E-state index contributed by atoms with van der Waals surface area (Å²) in [6.07, 6.45) is 2.12. The van der Waals surface area contributed by atoms with Crippen molar-refractivity contribution in [1.29, 1.82) is 0 Å². The highest BCUT2D eigenvalue weighted by molar-refractivity contribution is 6.30. The van der Waals surface area contributed by atoms with Gasteiger partial charge in [0.15, 0.2) is 0 Å². The molecular weight excluding hydrogens is 270 g/mol. The predicted octanol–water partition coefficient (Wildman–Crippen LogP) is 4.63. The molecule has 0 unspecified atom stereocenters. The van der Waals surface area contributed by atoms with Crippen LogP contribution in [0.25, 0.3) is 0 Å². The van der Waals surface area contributed by atoms with Crippen molar-refractivity contribution < 1.29 is 4.74 Å². The average molecular weight is 290 g/mol. The van der Waals surface area contributed by atoms with Gasteiger partial charge in [-0.05, 0) is 63.3 Å². The molecule has 3 heteroatoms. The second-order valence-electron chi connectivity index (χ2n) is 5.07. The van der Waals surface area contributed by atoms with E-state index in [4.69, 9.17) is 16.3 Å². The molecule has 0 fully saturated rings. The summed E-state index contributed by atoms with van der Waals surface area (Å²) in [7, 11) is 4.18. The van der Waals surface area contributed by atoms with Gasteiger partial charge in [-0.25, -0.2) is 0 Å². The van der Waals surface area contributed by atoms with Crippen molar-refractivity contribution in [3.05, 3.63) is 59.1 Å². The van der Waals surface area contributed by atoms with Crippen molar-refractivity contribution in [3.8, 4) is 11.5 Å². The lowest BCUT2D eigenvalue weighted by Crippen LogP contribution is -2.13. The van der Waals surface area contributed by atoms with Crippen molar-refractivity contribution in [1.82, 2.24) is 4.90 Å². The molecule has 0 radical (unpaired) electrons. The van der Waals surface area contributed by atoms with Gasteiger partial charge < -0.3 is 9.64 Å². The Morgan fingerprint density at radius 1 is 1.05 bits per heavy atom. The second kappa shape index (κ2) is 7.32. The van der Waals surface area contributed by atoms with E-state index >= 15 is 0 Å². The van der Waals surface area contributed by atoms with E-state index in [0.717, 1.165) is 30.9 Å². The van der Waals surface area contributed by atoms with E-state index in [9.17, 15) is 0 Å². The topological polar surface area (TPSA) is 12.5 Å². The van der Waals surface area contributed by atoms with Crippen LogP contribution in [0.4, 0.5) is 0 Å². The maximum atomic E-state index is 5.98. The Hall–Kier alpha value is -1.51. The lowest BCUT2D eigenvalue weighted by molar-refractivity contribution is 0.398. The number of aryl methyl sites for hydroxylation is 1. The van der Waals surface area contributed by atoms with Gasteiger partial charge >= 0.3 is 0 Å². The smallest absolute Gasteiger partial charge is 0.130 e. The molecular formula is C17H20ClNO. The fraction of sp³-hybridized carbons (Fsp3) is 0.294. The summed E-state index contributed by atoms with van der Waals surface area (Å²) >= 11 is 5.98. The average Bonchev–Trinajstić information content (AvgIpc) is 2.40. The van der Waals surface area contributed by atoms with Gasteiger partial charge in [-0.3, -0.25) is 0 Å². The number of hydrogen-bond acceptors (Lipinski definition) is 2. The third-order valence-electron chi connectivity index (χ3n) is 3.05. The van der Waals surface area contributed by atoms with Gasteiger partial charge in [-0.2, -0.15) is 0 Å². The zero-order chi connectivity index (χ0) is 14.4. The molecule has 0 heterocycles. The first-order chi connectivity index (χ1) is 9.65. The van der Waals surface area contributed by atoms with E-state index in [2.05, 4.69) is 31.1 Å². The fourth-order valence-electron chi connectivity index (χ4n) is 2.05. The summed E-state index contributed by atoms with van der Waals surface area (Å²) < 4.78 is 5.95. The number of hydrogen-bond donors (Lipinski definition) is 0. The Kier molecular flexibility index (Phi) is 5.45. The number of ether oxygens (including phenoxy) is 1. The number of nitrogens with zero attached hydrogens (tertiary/aromatic N) is 1. The number of halogens is 1. The Bertz CT molecular complexity index is 554. The van der Waals surface area contributed by atoms with Gasteiger partial charge in [-0.1, -0.05) is 35.9 Å². The first kappa shape index (κ1) is 14.9. The molecule has 0 spiro atoms. The van der Waals surface area contributed by atoms with Gasteiger partial charge in [-0.15, -0.1) is 0 Å². The van der Waals surface area contributed by atoms with Crippen LogP contribution in [-0.4, -0.2) is 25.5 Å². The van der Waals surface area contributed by atoms with Crippen molar-refractivity contribution in [2.45, 2.75) is 12.8 Å². The molecule has 0 amide bonds. The fourth-order valence-corrected chi connectivity index (χ4v) is 2.23. The van der Waals surface area contributed by atoms with Crippen molar-refractivity contribution in [3.63, 3.8) is 0 Å². The highest BCUT2D eigenvalue weighted by Gasteiger charge is 2.05. The van der Waals surface area contributed by atoms with Gasteiger partial charge in [0.25, 0.3) is 0 Å². The van der Waals surface area contributed by atoms with Crippen LogP contribution in [0.3, 0.4) is 0 Å². The zero-order valence-electron chi connectivity index (χ0n) is 12.0. The van der Waals surface area contributed by atoms with E-state index in [1.54, 1.807) is 0 Å². The van der Waals surface area contributed by atoms with E-state index in [1.807, 2.05) is 36.4 Å². The van der Waals surface area contributed by atoms with Gasteiger partial charge in [0.1, 0.15) is 11.5 Å². The van der Waals surface area contributed by atoms with E-state index in [1.165, 1.54) is 5.56 Å². The first-order valence-corrected chi connectivity index (χ1v) is 7.19. The lowest BCUT2D eigenvalue weighted by atomic mass is 10.1. The van der Waals surface area contributed by atoms with Crippen molar-refractivity contribution in [2.75, 3.05) is 20.6 Å². The van der Waals surface area contributed by atoms with E-state index < -0.39 is 0 Å². The Morgan fingerprint density at radius 2 is 1.85 bits per heavy atom. The summed E-state index contributed by atoms with van der Waals surface area (Å²) in [5.74, 6) is 1.69. The summed E-state index contributed by atoms with van der Waals surface area (Å²) in [5, 5.41) is 0.688. The molecule has 106 valence electrons. The molecule has 0 saturated heterocycles. The van der Waals surface area contributed by atoms with Gasteiger partial charge in [0.05, 0.1) is 0 Å². The molecule has 0 aliphatic carbocycles. The molecule has 0 saturated carbocycles. The van der Waals surface area contributed by atoms with Crippen LogP contribution >= 0.6 is 11.6 Å². The van der Waals surface area contributed by atoms with Crippen LogP contribution < -0.4 is 4.74 Å². The second-order valence-corrected chi connectivity index (χ2v) is 5.51. The first-order valence-electron chi connectivity index (χ1n) is 6.81. The normalized spacial score (nSPS) is 10.8. The van der Waals surface area contributed by atoms with Gasteiger partial charge in [0, 0.05) is 5.02 Å².